The van der Waals surface area contributed by atoms with E-state index in [9.17, 15) is 4.79 Å². The fraction of sp³-hybridized carbons (Fsp3) is 0.188. The van der Waals surface area contributed by atoms with E-state index in [0.717, 1.165) is 0 Å². The van der Waals surface area contributed by atoms with Crippen LogP contribution in [0.25, 0.3) is 0 Å². The topological polar surface area (TPSA) is 29.5 Å². The first-order valence-electron chi connectivity index (χ1n) is 6.48. The molecule has 1 amide bonds. The molecule has 1 heterocycles. The molecule has 0 saturated heterocycles. The molecule has 0 N–H and O–H groups in total. The molecule has 0 aromatic heterocycles. The summed E-state index contributed by atoms with van der Waals surface area (Å²) in [5.74, 6) is 0.507. The minimum atomic E-state index is -0.944. The van der Waals surface area contributed by atoms with E-state index in [1.54, 1.807) is 36.9 Å². The number of benzene rings is 2. The third-order valence-corrected chi connectivity index (χ3v) is 4.09. The summed E-state index contributed by atoms with van der Waals surface area (Å²) < 4.78 is 5.79. The number of para-hydroxylation sites is 2. The van der Waals surface area contributed by atoms with Crippen molar-refractivity contribution in [1.82, 2.24) is 0 Å². The summed E-state index contributed by atoms with van der Waals surface area (Å²) >= 11 is 12.0. The molecule has 0 aliphatic carbocycles. The summed E-state index contributed by atoms with van der Waals surface area (Å²) in [6, 6.07) is 12.5. The van der Waals surface area contributed by atoms with Crippen molar-refractivity contribution in [2.45, 2.75) is 19.4 Å². The van der Waals surface area contributed by atoms with Crippen LogP contribution in [-0.2, 0) is 4.79 Å². The van der Waals surface area contributed by atoms with E-state index in [4.69, 9.17) is 27.9 Å². The first-order chi connectivity index (χ1) is 9.90. The average molecular weight is 322 g/mol. The summed E-state index contributed by atoms with van der Waals surface area (Å²) in [4.78, 5) is 14.3. The Morgan fingerprint density at radius 3 is 2.48 bits per heavy atom. The lowest BCUT2D eigenvalue weighted by atomic mass is 10.0. The fourth-order valence-corrected chi connectivity index (χ4v) is 2.60. The molecule has 1 aliphatic heterocycles. The van der Waals surface area contributed by atoms with E-state index < -0.39 is 5.60 Å². The van der Waals surface area contributed by atoms with Gasteiger partial charge in [0.2, 0.25) is 0 Å². The maximum Gasteiger partial charge on any atom is 0.275 e. The molecule has 3 nitrogen and oxygen atoms in total. The Labute approximate surface area is 133 Å². The van der Waals surface area contributed by atoms with E-state index in [2.05, 4.69) is 0 Å². The summed E-state index contributed by atoms with van der Waals surface area (Å²) in [6.07, 6.45) is 0. The molecule has 0 fully saturated rings. The number of hydrogen-bond donors (Lipinski definition) is 0. The van der Waals surface area contributed by atoms with Crippen LogP contribution in [0.1, 0.15) is 13.8 Å². The van der Waals surface area contributed by atoms with Gasteiger partial charge in [0, 0.05) is 0 Å². The Morgan fingerprint density at radius 1 is 1.05 bits per heavy atom. The van der Waals surface area contributed by atoms with Gasteiger partial charge in [-0.05, 0) is 44.2 Å². The van der Waals surface area contributed by atoms with Crippen LogP contribution < -0.4 is 9.64 Å². The smallest absolute Gasteiger partial charge is 0.275 e. The predicted molar refractivity (Wildman–Crippen MR) is 84.8 cm³/mol. The van der Waals surface area contributed by atoms with Crippen LogP contribution in [0.2, 0.25) is 10.0 Å². The van der Waals surface area contributed by atoms with Crippen molar-refractivity contribution >= 4 is 40.5 Å². The Morgan fingerprint density at radius 2 is 1.76 bits per heavy atom. The second-order valence-electron chi connectivity index (χ2n) is 5.32. The van der Waals surface area contributed by atoms with Crippen LogP contribution in [0.15, 0.2) is 42.5 Å². The van der Waals surface area contributed by atoms with Gasteiger partial charge in [0.1, 0.15) is 5.75 Å². The van der Waals surface area contributed by atoms with Crippen LogP contribution >= 0.6 is 23.2 Å². The highest BCUT2D eigenvalue weighted by molar-refractivity contribution is 6.42. The molecule has 1 aliphatic rings. The van der Waals surface area contributed by atoms with Crippen LogP contribution in [0.3, 0.4) is 0 Å². The number of hydrogen-bond acceptors (Lipinski definition) is 2. The van der Waals surface area contributed by atoms with Gasteiger partial charge in [-0.3, -0.25) is 9.69 Å². The zero-order valence-corrected chi connectivity index (χ0v) is 13.1. The monoisotopic (exact) mass is 321 g/mol. The predicted octanol–water partition coefficient (Wildman–Crippen LogP) is 4.83. The number of rotatable bonds is 1. The van der Waals surface area contributed by atoms with Gasteiger partial charge in [0.15, 0.2) is 5.60 Å². The number of ether oxygens (including phenoxy) is 1. The second kappa shape index (κ2) is 4.93. The van der Waals surface area contributed by atoms with Crippen LogP contribution in [0.4, 0.5) is 11.4 Å². The fourth-order valence-electron chi connectivity index (χ4n) is 2.31. The minimum Gasteiger partial charge on any atom is -0.476 e. The van der Waals surface area contributed by atoms with Crippen molar-refractivity contribution < 1.29 is 9.53 Å². The Hall–Kier alpha value is -1.71. The standard InChI is InChI=1S/C16H13Cl2NO2/c1-16(2)15(20)19(10-7-8-11(17)12(18)9-10)13-5-3-4-6-14(13)21-16/h3-9H,1-2H3. The summed E-state index contributed by atoms with van der Waals surface area (Å²) in [6.45, 7) is 3.49. The van der Waals surface area contributed by atoms with Crippen molar-refractivity contribution in [3.8, 4) is 5.75 Å². The molecule has 0 atom stereocenters. The molecule has 108 valence electrons. The molecule has 21 heavy (non-hydrogen) atoms. The van der Waals surface area contributed by atoms with Crippen molar-refractivity contribution in [3.05, 3.63) is 52.5 Å². The minimum absolute atomic E-state index is 0.153. The van der Waals surface area contributed by atoms with Crippen molar-refractivity contribution in [2.24, 2.45) is 0 Å². The van der Waals surface area contributed by atoms with Gasteiger partial charge in [-0.2, -0.15) is 0 Å². The maximum absolute atomic E-state index is 12.7. The Kier molecular flexibility index (Phi) is 3.34. The van der Waals surface area contributed by atoms with E-state index in [0.29, 0.717) is 27.2 Å². The van der Waals surface area contributed by atoms with Crippen LogP contribution in [0.5, 0.6) is 5.75 Å². The molecule has 0 saturated carbocycles. The highest BCUT2D eigenvalue weighted by Gasteiger charge is 2.41. The summed E-state index contributed by atoms with van der Waals surface area (Å²) in [5.41, 5.74) is 0.416. The SMILES string of the molecule is CC1(C)Oc2ccccc2N(c2ccc(Cl)c(Cl)c2)C1=O. The lowest BCUT2D eigenvalue weighted by Crippen LogP contribution is -2.50. The number of carbonyl (C=O) groups is 1. The third kappa shape index (κ3) is 2.37. The van der Waals surface area contributed by atoms with E-state index >= 15 is 0 Å². The lowest BCUT2D eigenvalue weighted by Gasteiger charge is -2.38. The molecular weight excluding hydrogens is 309 g/mol. The van der Waals surface area contributed by atoms with Crippen molar-refractivity contribution in [1.29, 1.82) is 0 Å². The van der Waals surface area contributed by atoms with E-state index in [1.807, 2.05) is 24.3 Å². The quantitative estimate of drug-likeness (QED) is 0.752. The molecule has 0 unspecified atom stereocenters. The Balaban J connectivity index is 2.19. The first-order valence-corrected chi connectivity index (χ1v) is 7.23. The van der Waals surface area contributed by atoms with Gasteiger partial charge in [-0.15, -0.1) is 0 Å². The number of nitrogens with zero attached hydrogens (tertiary/aromatic N) is 1. The average Bonchev–Trinajstić information content (AvgIpc) is 2.43. The summed E-state index contributed by atoms with van der Waals surface area (Å²) in [7, 11) is 0. The largest absolute Gasteiger partial charge is 0.476 e. The molecule has 0 radical (unpaired) electrons. The molecular formula is C16H13Cl2NO2. The number of halogens is 2. The lowest BCUT2D eigenvalue weighted by molar-refractivity contribution is -0.131. The number of amides is 1. The van der Waals surface area contributed by atoms with Gasteiger partial charge in [0.05, 0.1) is 21.4 Å². The zero-order valence-electron chi connectivity index (χ0n) is 11.6. The normalized spacial score (nSPS) is 16.4. The number of fused-ring (bicyclic) bond motifs is 1. The van der Waals surface area contributed by atoms with Gasteiger partial charge >= 0.3 is 0 Å². The van der Waals surface area contributed by atoms with E-state index in [-0.39, 0.29) is 5.91 Å². The number of anilines is 2. The van der Waals surface area contributed by atoms with E-state index in [1.165, 1.54) is 0 Å². The van der Waals surface area contributed by atoms with Gasteiger partial charge in [0.25, 0.3) is 5.91 Å². The molecule has 0 spiro atoms. The highest BCUT2D eigenvalue weighted by atomic mass is 35.5. The molecule has 3 rings (SSSR count). The van der Waals surface area contributed by atoms with Gasteiger partial charge in [-0.1, -0.05) is 35.3 Å². The van der Waals surface area contributed by atoms with Crippen LogP contribution in [0, 0.1) is 0 Å². The van der Waals surface area contributed by atoms with Gasteiger partial charge in [-0.25, -0.2) is 0 Å². The molecule has 5 heteroatoms. The Bertz CT molecular complexity index is 728. The van der Waals surface area contributed by atoms with Gasteiger partial charge < -0.3 is 4.74 Å². The highest BCUT2D eigenvalue weighted by Crippen LogP contribution is 2.42. The zero-order chi connectivity index (χ0) is 15.2. The molecule has 0 bridgehead atoms. The van der Waals surface area contributed by atoms with Crippen LogP contribution in [-0.4, -0.2) is 11.5 Å². The maximum atomic E-state index is 12.7. The second-order valence-corrected chi connectivity index (χ2v) is 6.13. The van der Waals surface area contributed by atoms with Crippen molar-refractivity contribution in [3.63, 3.8) is 0 Å². The molecule has 2 aromatic rings. The third-order valence-electron chi connectivity index (χ3n) is 3.35. The molecule has 2 aromatic carbocycles. The van der Waals surface area contributed by atoms with Crippen molar-refractivity contribution in [2.75, 3.05) is 4.90 Å². The number of carbonyl (C=O) groups excluding carboxylic acids is 1. The first kappa shape index (κ1) is 14.2. The summed E-state index contributed by atoms with van der Waals surface area (Å²) in [5, 5.41) is 0.859.